The van der Waals surface area contributed by atoms with Gasteiger partial charge >= 0.3 is 0 Å². The molecule has 0 nitrogen and oxygen atoms in total. The SMILES string of the molecule is Cc1cc(C(Br)C2(C)CCCCC2)c(C)cc1Br. The van der Waals surface area contributed by atoms with Crippen molar-refractivity contribution < 1.29 is 0 Å². The molecule has 2 rings (SSSR count). The minimum absolute atomic E-state index is 0.420. The molecule has 0 spiro atoms. The van der Waals surface area contributed by atoms with E-state index in [-0.39, 0.29) is 0 Å². The smallest absolute Gasteiger partial charge is 0.0451 e. The van der Waals surface area contributed by atoms with Crippen molar-refractivity contribution in [2.24, 2.45) is 5.41 Å². The Morgan fingerprint density at radius 3 is 2.28 bits per heavy atom. The second kappa shape index (κ2) is 5.66. The van der Waals surface area contributed by atoms with E-state index in [9.17, 15) is 0 Å². The zero-order valence-corrected chi connectivity index (χ0v) is 14.7. The first-order valence-electron chi connectivity index (χ1n) is 6.85. The lowest BCUT2D eigenvalue weighted by Crippen LogP contribution is -2.25. The van der Waals surface area contributed by atoms with E-state index in [1.165, 1.54) is 53.3 Å². The molecule has 1 atom stereocenters. The van der Waals surface area contributed by atoms with Crippen LogP contribution in [0.15, 0.2) is 16.6 Å². The Bertz CT molecular complexity index is 431. The van der Waals surface area contributed by atoms with Crippen LogP contribution in [0.2, 0.25) is 0 Å². The Balaban J connectivity index is 2.33. The Morgan fingerprint density at radius 2 is 1.67 bits per heavy atom. The van der Waals surface area contributed by atoms with Crippen LogP contribution in [0.5, 0.6) is 0 Å². The molecule has 0 heterocycles. The highest BCUT2D eigenvalue weighted by molar-refractivity contribution is 9.10. The zero-order chi connectivity index (χ0) is 13.3. The van der Waals surface area contributed by atoms with Crippen LogP contribution in [0.4, 0.5) is 0 Å². The summed E-state index contributed by atoms with van der Waals surface area (Å²) >= 11 is 7.62. The van der Waals surface area contributed by atoms with E-state index in [0.717, 1.165) is 0 Å². The average Bonchev–Trinajstić information content (AvgIpc) is 2.34. The van der Waals surface area contributed by atoms with Gasteiger partial charge in [0.15, 0.2) is 0 Å². The molecule has 1 aliphatic carbocycles. The van der Waals surface area contributed by atoms with Crippen LogP contribution in [0.25, 0.3) is 0 Å². The molecule has 0 aliphatic heterocycles. The van der Waals surface area contributed by atoms with E-state index >= 15 is 0 Å². The highest BCUT2D eigenvalue weighted by Gasteiger charge is 2.35. The predicted molar refractivity (Wildman–Crippen MR) is 86.5 cm³/mol. The first-order valence-corrected chi connectivity index (χ1v) is 8.56. The Hall–Kier alpha value is 0.180. The Morgan fingerprint density at radius 1 is 1.06 bits per heavy atom. The molecule has 18 heavy (non-hydrogen) atoms. The molecule has 0 amide bonds. The molecule has 1 unspecified atom stereocenters. The number of aryl methyl sites for hydroxylation is 2. The topological polar surface area (TPSA) is 0 Å². The fraction of sp³-hybridized carbons (Fsp3) is 0.625. The molecule has 0 saturated heterocycles. The Labute approximate surface area is 128 Å². The fourth-order valence-electron chi connectivity index (χ4n) is 3.06. The summed E-state index contributed by atoms with van der Waals surface area (Å²) in [6.07, 6.45) is 6.86. The van der Waals surface area contributed by atoms with Gasteiger partial charge < -0.3 is 0 Å². The van der Waals surface area contributed by atoms with Crippen molar-refractivity contribution in [2.45, 2.75) is 57.7 Å². The first kappa shape index (κ1) is 14.6. The van der Waals surface area contributed by atoms with Gasteiger partial charge in [0.1, 0.15) is 0 Å². The molecule has 0 bridgehead atoms. The van der Waals surface area contributed by atoms with Crippen molar-refractivity contribution >= 4 is 31.9 Å². The zero-order valence-electron chi connectivity index (χ0n) is 11.5. The highest BCUT2D eigenvalue weighted by Crippen LogP contribution is 2.51. The van der Waals surface area contributed by atoms with Crippen molar-refractivity contribution in [2.75, 3.05) is 0 Å². The normalized spacial score (nSPS) is 20.7. The minimum atomic E-state index is 0.420. The van der Waals surface area contributed by atoms with Crippen LogP contribution in [0.1, 0.15) is 60.5 Å². The lowest BCUT2D eigenvalue weighted by atomic mass is 9.71. The summed E-state index contributed by atoms with van der Waals surface area (Å²) in [6, 6.07) is 4.60. The summed E-state index contributed by atoms with van der Waals surface area (Å²) < 4.78 is 1.22. The molecule has 1 aliphatic rings. The molecular weight excluding hydrogens is 352 g/mol. The lowest BCUT2D eigenvalue weighted by Gasteiger charge is -2.39. The number of benzene rings is 1. The number of alkyl halides is 1. The summed E-state index contributed by atoms with van der Waals surface area (Å²) in [6.45, 7) is 6.85. The van der Waals surface area contributed by atoms with E-state index in [4.69, 9.17) is 0 Å². The van der Waals surface area contributed by atoms with Gasteiger partial charge in [0, 0.05) is 9.30 Å². The maximum Gasteiger partial charge on any atom is 0.0451 e. The van der Waals surface area contributed by atoms with Gasteiger partial charge in [-0.05, 0) is 54.9 Å². The van der Waals surface area contributed by atoms with Crippen molar-refractivity contribution in [1.82, 2.24) is 0 Å². The molecule has 1 aromatic rings. The molecule has 2 heteroatoms. The van der Waals surface area contributed by atoms with Crippen LogP contribution >= 0.6 is 31.9 Å². The molecule has 0 N–H and O–H groups in total. The van der Waals surface area contributed by atoms with Gasteiger partial charge in [0.05, 0.1) is 0 Å². The van der Waals surface area contributed by atoms with Gasteiger partial charge in [-0.15, -0.1) is 0 Å². The second-order valence-corrected chi connectivity index (χ2v) is 7.81. The van der Waals surface area contributed by atoms with E-state index < -0.39 is 0 Å². The molecule has 0 aromatic heterocycles. The van der Waals surface area contributed by atoms with Crippen molar-refractivity contribution in [3.63, 3.8) is 0 Å². The maximum absolute atomic E-state index is 4.00. The third-order valence-electron chi connectivity index (χ3n) is 4.43. The average molecular weight is 374 g/mol. The monoisotopic (exact) mass is 372 g/mol. The third-order valence-corrected chi connectivity index (χ3v) is 6.88. The van der Waals surface area contributed by atoms with Crippen molar-refractivity contribution in [3.8, 4) is 0 Å². The molecule has 100 valence electrons. The largest absolute Gasteiger partial charge is 0.0833 e. The van der Waals surface area contributed by atoms with Crippen LogP contribution in [0, 0.1) is 19.3 Å². The maximum atomic E-state index is 4.00. The van der Waals surface area contributed by atoms with Crippen LogP contribution in [0.3, 0.4) is 0 Å². The predicted octanol–water partition coefficient (Wildman–Crippen LogP) is 6.47. The summed E-state index contributed by atoms with van der Waals surface area (Å²) in [5.41, 5.74) is 4.62. The quantitative estimate of drug-likeness (QED) is 0.521. The Kier molecular flexibility index (Phi) is 4.59. The summed E-state index contributed by atoms with van der Waals surface area (Å²) in [7, 11) is 0. The fourth-order valence-corrected chi connectivity index (χ4v) is 4.47. The number of rotatable bonds is 2. The van der Waals surface area contributed by atoms with Crippen LogP contribution in [-0.2, 0) is 0 Å². The molecular formula is C16H22Br2. The summed E-state index contributed by atoms with van der Waals surface area (Å²) in [5, 5.41) is 0. The van der Waals surface area contributed by atoms with E-state index in [1.807, 2.05) is 0 Å². The minimum Gasteiger partial charge on any atom is -0.0833 e. The van der Waals surface area contributed by atoms with Gasteiger partial charge in [0.25, 0.3) is 0 Å². The number of hydrogen-bond donors (Lipinski definition) is 0. The van der Waals surface area contributed by atoms with Gasteiger partial charge in [0.2, 0.25) is 0 Å². The van der Waals surface area contributed by atoms with E-state index in [2.05, 4.69) is 64.8 Å². The van der Waals surface area contributed by atoms with Gasteiger partial charge in [-0.1, -0.05) is 64.1 Å². The van der Waals surface area contributed by atoms with Crippen LogP contribution < -0.4 is 0 Å². The van der Waals surface area contributed by atoms with Crippen LogP contribution in [-0.4, -0.2) is 0 Å². The van der Waals surface area contributed by atoms with Crippen molar-refractivity contribution in [1.29, 1.82) is 0 Å². The highest BCUT2D eigenvalue weighted by atomic mass is 79.9. The standard InChI is InChI=1S/C16H22Br2/c1-11-10-14(17)12(2)9-13(11)15(18)16(3)7-5-4-6-8-16/h9-10,15H,4-8H2,1-3H3. The summed E-state index contributed by atoms with van der Waals surface area (Å²) in [5.74, 6) is 0. The van der Waals surface area contributed by atoms with E-state index in [0.29, 0.717) is 10.2 Å². The third kappa shape index (κ3) is 2.85. The molecule has 0 radical (unpaired) electrons. The second-order valence-electron chi connectivity index (χ2n) is 6.04. The van der Waals surface area contributed by atoms with Gasteiger partial charge in [-0.25, -0.2) is 0 Å². The van der Waals surface area contributed by atoms with Gasteiger partial charge in [-0.3, -0.25) is 0 Å². The summed E-state index contributed by atoms with van der Waals surface area (Å²) in [4.78, 5) is 0.483. The number of halogens is 2. The first-order chi connectivity index (χ1) is 8.44. The lowest BCUT2D eigenvalue weighted by molar-refractivity contribution is 0.212. The number of hydrogen-bond acceptors (Lipinski definition) is 0. The van der Waals surface area contributed by atoms with E-state index in [1.54, 1.807) is 0 Å². The molecule has 1 saturated carbocycles. The molecule has 1 aromatic carbocycles. The van der Waals surface area contributed by atoms with Gasteiger partial charge in [-0.2, -0.15) is 0 Å². The van der Waals surface area contributed by atoms with Crippen molar-refractivity contribution in [3.05, 3.63) is 33.3 Å². The molecule has 1 fully saturated rings.